The molecule has 2 rings (SSSR count). The largest absolute Gasteiger partial charge is 0.395 e. The van der Waals surface area contributed by atoms with E-state index in [1.54, 1.807) is 7.05 Å². The van der Waals surface area contributed by atoms with Gasteiger partial charge in [-0.1, -0.05) is 12.1 Å². The van der Waals surface area contributed by atoms with Crippen LogP contribution in [-0.2, 0) is 20.0 Å². The van der Waals surface area contributed by atoms with Crippen molar-refractivity contribution in [2.45, 2.75) is 19.9 Å². The highest BCUT2D eigenvalue weighted by Gasteiger charge is 2.19. The number of nitrogens with one attached hydrogen (secondary N) is 1. The molecule has 0 aliphatic rings. The van der Waals surface area contributed by atoms with E-state index in [9.17, 15) is 4.79 Å². The van der Waals surface area contributed by atoms with Crippen LogP contribution in [0.1, 0.15) is 28.9 Å². The molecule has 0 spiro atoms. The maximum atomic E-state index is 12.0. The molecule has 0 saturated carbocycles. The summed E-state index contributed by atoms with van der Waals surface area (Å²) in [7, 11) is 1.68. The van der Waals surface area contributed by atoms with E-state index in [0.717, 1.165) is 0 Å². The summed E-state index contributed by atoms with van der Waals surface area (Å²) in [5.41, 5.74) is 7.33. The zero-order valence-electron chi connectivity index (χ0n) is 10.2. The first-order valence-corrected chi connectivity index (χ1v) is 5.48. The summed E-state index contributed by atoms with van der Waals surface area (Å²) < 4.78 is 6.04. The van der Waals surface area contributed by atoms with Crippen LogP contribution in [0.25, 0.3) is 0 Å². The molecule has 0 saturated heterocycles. The molecule has 0 aliphatic heterocycles. The number of nitrogens with two attached hydrogens (primary N) is 1. The third-order valence-corrected chi connectivity index (χ3v) is 2.52. The molecule has 0 aromatic carbocycles. The van der Waals surface area contributed by atoms with Gasteiger partial charge < -0.3 is 15.6 Å². The van der Waals surface area contributed by atoms with Gasteiger partial charge in [-0.2, -0.15) is 10.1 Å². The normalized spacial score (nSPS) is 10.6. The van der Waals surface area contributed by atoms with Gasteiger partial charge in [-0.05, 0) is 6.42 Å². The second-order valence-corrected chi connectivity index (χ2v) is 3.72. The molecule has 0 aliphatic carbocycles. The number of rotatable bonds is 4. The molecule has 8 heteroatoms. The first-order chi connectivity index (χ1) is 8.63. The zero-order valence-corrected chi connectivity index (χ0v) is 10.2. The number of aromatic nitrogens is 4. The molecule has 96 valence electrons. The standard InChI is InChI=1S/C10H14N6O2/c1-3-6-8(11)9(16(2)14-6)10(17)12-4-7-13-5-18-15-7/h5H,3-4,11H2,1-2H3,(H,12,17). The van der Waals surface area contributed by atoms with Gasteiger partial charge in [0.15, 0.2) is 5.82 Å². The van der Waals surface area contributed by atoms with Crippen LogP contribution in [0.3, 0.4) is 0 Å². The number of hydrogen-bond acceptors (Lipinski definition) is 6. The summed E-state index contributed by atoms with van der Waals surface area (Å²) in [5, 5.41) is 10.4. The molecule has 2 aromatic heterocycles. The average Bonchev–Trinajstić information content (AvgIpc) is 2.94. The maximum Gasteiger partial charge on any atom is 0.272 e. The van der Waals surface area contributed by atoms with Crippen LogP contribution in [0.5, 0.6) is 0 Å². The minimum Gasteiger partial charge on any atom is -0.395 e. The SMILES string of the molecule is CCc1nn(C)c(C(=O)NCc2ncon2)c1N. The highest BCUT2D eigenvalue weighted by Crippen LogP contribution is 2.16. The van der Waals surface area contributed by atoms with Crippen molar-refractivity contribution >= 4 is 11.6 Å². The van der Waals surface area contributed by atoms with Crippen molar-refractivity contribution in [1.29, 1.82) is 0 Å². The quantitative estimate of drug-likeness (QED) is 0.782. The summed E-state index contributed by atoms with van der Waals surface area (Å²) in [6.07, 6.45) is 1.88. The van der Waals surface area contributed by atoms with Crippen LogP contribution in [0, 0.1) is 0 Å². The van der Waals surface area contributed by atoms with Gasteiger partial charge in [-0.3, -0.25) is 9.48 Å². The number of nitrogen functional groups attached to an aromatic ring is 1. The van der Waals surface area contributed by atoms with Gasteiger partial charge in [-0.25, -0.2) is 0 Å². The van der Waals surface area contributed by atoms with Crippen molar-refractivity contribution < 1.29 is 9.32 Å². The molecule has 0 radical (unpaired) electrons. The molecular weight excluding hydrogens is 236 g/mol. The Kier molecular flexibility index (Phi) is 3.26. The molecule has 3 N–H and O–H groups in total. The molecule has 0 atom stereocenters. The molecule has 18 heavy (non-hydrogen) atoms. The van der Waals surface area contributed by atoms with E-state index in [2.05, 4.69) is 25.1 Å². The van der Waals surface area contributed by atoms with Crippen molar-refractivity contribution in [2.24, 2.45) is 7.05 Å². The van der Waals surface area contributed by atoms with Gasteiger partial charge >= 0.3 is 0 Å². The molecule has 0 unspecified atom stereocenters. The van der Waals surface area contributed by atoms with Gasteiger partial charge in [-0.15, -0.1) is 0 Å². The predicted molar refractivity (Wildman–Crippen MR) is 62.5 cm³/mol. The van der Waals surface area contributed by atoms with E-state index in [1.807, 2.05) is 6.92 Å². The summed E-state index contributed by atoms with van der Waals surface area (Å²) in [6.45, 7) is 2.11. The fraction of sp³-hybridized carbons (Fsp3) is 0.400. The monoisotopic (exact) mass is 250 g/mol. The lowest BCUT2D eigenvalue weighted by Crippen LogP contribution is -2.26. The van der Waals surface area contributed by atoms with Crippen molar-refractivity contribution in [3.63, 3.8) is 0 Å². The molecule has 0 fully saturated rings. The number of aryl methyl sites for hydroxylation is 2. The van der Waals surface area contributed by atoms with Crippen molar-refractivity contribution in [3.8, 4) is 0 Å². The Hall–Kier alpha value is -2.38. The van der Waals surface area contributed by atoms with Crippen molar-refractivity contribution in [2.75, 3.05) is 5.73 Å². The number of anilines is 1. The molecule has 1 amide bonds. The second kappa shape index (κ2) is 4.86. The van der Waals surface area contributed by atoms with Gasteiger partial charge in [0.25, 0.3) is 5.91 Å². The predicted octanol–water partition coefficient (Wildman–Crippen LogP) is -0.122. The average molecular weight is 250 g/mol. The van der Waals surface area contributed by atoms with E-state index in [4.69, 9.17) is 5.73 Å². The Morgan fingerprint density at radius 1 is 1.61 bits per heavy atom. The number of carbonyl (C=O) groups is 1. The number of nitrogens with zero attached hydrogens (tertiary/aromatic N) is 4. The van der Waals surface area contributed by atoms with Gasteiger partial charge in [0.2, 0.25) is 6.39 Å². The van der Waals surface area contributed by atoms with Crippen LogP contribution in [0.15, 0.2) is 10.9 Å². The lowest BCUT2D eigenvalue weighted by Gasteiger charge is -2.03. The zero-order chi connectivity index (χ0) is 13.1. The van der Waals surface area contributed by atoms with Crippen LogP contribution in [0.2, 0.25) is 0 Å². The van der Waals surface area contributed by atoms with Gasteiger partial charge in [0.1, 0.15) is 5.69 Å². The highest BCUT2D eigenvalue weighted by atomic mass is 16.5. The Labute approximate surface area is 103 Å². The molecule has 2 heterocycles. The van der Waals surface area contributed by atoms with E-state index in [1.165, 1.54) is 11.1 Å². The van der Waals surface area contributed by atoms with Crippen LogP contribution in [-0.4, -0.2) is 25.8 Å². The summed E-state index contributed by atoms with van der Waals surface area (Å²) in [4.78, 5) is 15.8. The number of amides is 1. The number of hydrogen-bond donors (Lipinski definition) is 2. The minimum atomic E-state index is -0.313. The van der Waals surface area contributed by atoms with Crippen LogP contribution < -0.4 is 11.1 Å². The second-order valence-electron chi connectivity index (χ2n) is 3.72. The molecule has 8 nitrogen and oxygen atoms in total. The highest BCUT2D eigenvalue weighted by molar-refractivity contribution is 5.97. The summed E-state index contributed by atoms with van der Waals surface area (Å²) in [5.74, 6) is 0.0896. The van der Waals surface area contributed by atoms with Gasteiger partial charge in [0.05, 0.1) is 17.9 Å². The maximum absolute atomic E-state index is 12.0. The molecule has 0 bridgehead atoms. The van der Waals surface area contributed by atoms with Crippen LogP contribution in [0.4, 0.5) is 5.69 Å². The topological polar surface area (TPSA) is 112 Å². The number of carbonyl (C=O) groups excluding carboxylic acids is 1. The smallest absolute Gasteiger partial charge is 0.272 e. The summed E-state index contributed by atoms with van der Waals surface area (Å²) >= 11 is 0. The Morgan fingerprint density at radius 3 is 2.94 bits per heavy atom. The molecule has 2 aromatic rings. The van der Waals surface area contributed by atoms with Crippen LogP contribution >= 0.6 is 0 Å². The van der Waals surface area contributed by atoms with Crippen molar-refractivity contribution in [3.05, 3.63) is 23.6 Å². The van der Waals surface area contributed by atoms with E-state index >= 15 is 0 Å². The first-order valence-electron chi connectivity index (χ1n) is 5.48. The van der Waals surface area contributed by atoms with E-state index in [0.29, 0.717) is 29.3 Å². The molecular formula is C10H14N6O2. The Balaban J connectivity index is 2.11. The first kappa shape index (κ1) is 12.1. The summed E-state index contributed by atoms with van der Waals surface area (Å²) in [6, 6.07) is 0. The fourth-order valence-corrected chi connectivity index (χ4v) is 1.64. The minimum absolute atomic E-state index is 0.182. The Morgan fingerprint density at radius 2 is 2.39 bits per heavy atom. The van der Waals surface area contributed by atoms with E-state index < -0.39 is 0 Å². The lowest BCUT2D eigenvalue weighted by atomic mass is 10.2. The van der Waals surface area contributed by atoms with E-state index in [-0.39, 0.29) is 12.5 Å². The lowest BCUT2D eigenvalue weighted by molar-refractivity contribution is 0.0941. The third kappa shape index (κ3) is 2.17. The fourth-order valence-electron chi connectivity index (χ4n) is 1.64. The van der Waals surface area contributed by atoms with Crippen molar-refractivity contribution in [1.82, 2.24) is 25.2 Å². The Bertz CT molecular complexity index is 545. The van der Waals surface area contributed by atoms with Gasteiger partial charge in [0, 0.05) is 7.05 Å². The third-order valence-electron chi connectivity index (χ3n) is 2.52.